The van der Waals surface area contributed by atoms with E-state index < -0.39 is 41.8 Å². The van der Waals surface area contributed by atoms with E-state index in [2.05, 4.69) is 5.32 Å². The van der Waals surface area contributed by atoms with Crippen molar-refractivity contribution in [3.8, 4) is 0 Å². The summed E-state index contributed by atoms with van der Waals surface area (Å²) in [4.78, 5) is 11.8. The molecule has 0 saturated carbocycles. The summed E-state index contributed by atoms with van der Waals surface area (Å²) in [6.45, 7) is 12.0. The lowest BCUT2D eigenvalue weighted by molar-refractivity contribution is -0.138. The molecular weight excluding hydrogens is 374 g/mol. The number of halogens is 3. The topological polar surface area (TPSA) is 56.8 Å². The van der Waals surface area contributed by atoms with E-state index in [1.807, 2.05) is 27.7 Å². The molecule has 156 valence electrons. The zero-order chi connectivity index (χ0) is 21.5. The Kier molecular flexibility index (Phi) is 5.85. The van der Waals surface area contributed by atoms with Gasteiger partial charge in [-0.2, -0.15) is 13.2 Å². The number of hydrogen-bond acceptors (Lipinski definition) is 4. The molecule has 0 aromatic heterocycles. The molecule has 0 bridgehead atoms. The number of hydrogen-bond donors (Lipinski definition) is 1. The summed E-state index contributed by atoms with van der Waals surface area (Å²) < 4.78 is 57.5. The minimum absolute atomic E-state index is 0.0707. The maximum absolute atomic E-state index is 13.6. The van der Waals surface area contributed by atoms with Gasteiger partial charge >= 0.3 is 19.4 Å². The van der Waals surface area contributed by atoms with Gasteiger partial charge in [-0.15, -0.1) is 0 Å². The average Bonchev–Trinajstić information content (AvgIpc) is 2.70. The Hall–Kier alpha value is -1.74. The van der Waals surface area contributed by atoms with E-state index in [1.54, 1.807) is 20.8 Å². The van der Waals surface area contributed by atoms with Gasteiger partial charge in [0.1, 0.15) is 5.60 Å². The molecule has 0 aliphatic carbocycles. The maximum Gasteiger partial charge on any atom is 0.494 e. The van der Waals surface area contributed by atoms with Crippen LogP contribution in [0.4, 0.5) is 18.0 Å². The summed E-state index contributed by atoms with van der Waals surface area (Å²) >= 11 is 0. The first-order valence-corrected chi connectivity index (χ1v) is 9.04. The fourth-order valence-corrected chi connectivity index (χ4v) is 2.62. The van der Waals surface area contributed by atoms with Crippen LogP contribution in [0.25, 0.3) is 0 Å². The van der Waals surface area contributed by atoms with Gasteiger partial charge in [-0.1, -0.05) is 12.1 Å². The fraction of sp³-hybridized carbons (Fsp3) is 0.632. The molecule has 1 aromatic rings. The Morgan fingerprint density at radius 3 is 2.11 bits per heavy atom. The van der Waals surface area contributed by atoms with Gasteiger partial charge in [-0.3, -0.25) is 0 Å². The molecule has 1 aliphatic rings. The summed E-state index contributed by atoms with van der Waals surface area (Å²) in [7, 11) is -0.904. The Morgan fingerprint density at radius 1 is 1.11 bits per heavy atom. The third kappa shape index (κ3) is 5.20. The molecule has 5 nitrogen and oxygen atoms in total. The molecule has 1 heterocycles. The second-order valence-corrected chi connectivity index (χ2v) is 8.86. The van der Waals surface area contributed by atoms with E-state index in [0.29, 0.717) is 0 Å². The third-order valence-electron chi connectivity index (χ3n) is 4.79. The highest BCUT2D eigenvalue weighted by Crippen LogP contribution is 2.37. The molecule has 1 aliphatic heterocycles. The van der Waals surface area contributed by atoms with E-state index in [9.17, 15) is 18.0 Å². The van der Waals surface area contributed by atoms with E-state index in [1.165, 1.54) is 12.1 Å². The SMILES string of the molecule is CC(C)(C)OC(=O)NCc1ccc(B2OC(C)(C)C(C)(C)O2)cc1C(F)(F)F. The monoisotopic (exact) mass is 401 g/mol. The van der Waals surface area contributed by atoms with Crippen molar-refractivity contribution in [2.45, 2.75) is 78.0 Å². The number of nitrogens with one attached hydrogen (secondary N) is 1. The van der Waals surface area contributed by atoms with E-state index in [-0.39, 0.29) is 17.6 Å². The number of amides is 1. The number of benzene rings is 1. The van der Waals surface area contributed by atoms with Crippen molar-refractivity contribution < 1.29 is 32.0 Å². The first-order valence-electron chi connectivity index (χ1n) is 9.04. The Balaban J connectivity index is 2.24. The Morgan fingerprint density at radius 2 is 1.64 bits per heavy atom. The molecule has 1 fully saturated rings. The lowest BCUT2D eigenvalue weighted by Gasteiger charge is -2.32. The third-order valence-corrected chi connectivity index (χ3v) is 4.79. The van der Waals surface area contributed by atoms with Crippen molar-refractivity contribution in [3.05, 3.63) is 29.3 Å². The minimum atomic E-state index is -4.59. The zero-order valence-electron chi connectivity index (χ0n) is 17.3. The summed E-state index contributed by atoms with van der Waals surface area (Å²) in [5, 5.41) is 2.36. The molecule has 2 rings (SSSR count). The Labute approximate surface area is 164 Å². The highest BCUT2D eigenvalue weighted by atomic mass is 19.4. The van der Waals surface area contributed by atoms with Gasteiger partial charge in [-0.25, -0.2) is 4.79 Å². The molecular formula is C19H27BF3NO4. The molecule has 0 atom stereocenters. The highest BCUT2D eigenvalue weighted by Gasteiger charge is 2.52. The quantitative estimate of drug-likeness (QED) is 0.778. The smallest absolute Gasteiger partial charge is 0.444 e. The van der Waals surface area contributed by atoms with Crippen LogP contribution in [0, 0.1) is 0 Å². The van der Waals surface area contributed by atoms with E-state index in [4.69, 9.17) is 14.0 Å². The normalized spacial score (nSPS) is 18.9. The van der Waals surface area contributed by atoms with Crippen LogP contribution in [-0.2, 0) is 26.8 Å². The summed E-state index contributed by atoms with van der Waals surface area (Å²) in [6, 6.07) is 3.85. The van der Waals surface area contributed by atoms with Gasteiger partial charge < -0.3 is 19.4 Å². The van der Waals surface area contributed by atoms with Crippen LogP contribution < -0.4 is 10.8 Å². The van der Waals surface area contributed by atoms with Gasteiger partial charge in [0, 0.05) is 6.54 Å². The number of alkyl carbamates (subject to hydrolysis) is 1. The molecule has 0 unspecified atom stereocenters. The second-order valence-electron chi connectivity index (χ2n) is 8.86. The van der Waals surface area contributed by atoms with Crippen LogP contribution in [-0.4, -0.2) is 30.0 Å². The summed E-state index contributed by atoms with van der Waals surface area (Å²) in [6.07, 6.45) is -5.37. The van der Waals surface area contributed by atoms with Crippen molar-refractivity contribution in [2.75, 3.05) is 0 Å². The van der Waals surface area contributed by atoms with Crippen LogP contribution in [0.3, 0.4) is 0 Å². The first-order chi connectivity index (χ1) is 12.5. The minimum Gasteiger partial charge on any atom is -0.444 e. The van der Waals surface area contributed by atoms with Crippen molar-refractivity contribution in [1.82, 2.24) is 5.32 Å². The highest BCUT2D eigenvalue weighted by molar-refractivity contribution is 6.62. The van der Waals surface area contributed by atoms with Gasteiger partial charge in [0.05, 0.1) is 16.8 Å². The van der Waals surface area contributed by atoms with Crippen LogP contribution in [0.15, 0.2) is 18.2 Å². The van der Waals surface area contributed by atoms with E-state index in [0.717, 1.165) is 6.07 Å². The molecule has 9 heteroatoms. The van der Waals surface area contributed by atoms with Crippen LogP contribution in [0.1, 0.15) is 59.6 Å². The largest absolute Gasteiger partial charge is 0.494 e. The van der Waals surface area contributed by atoms with Crippen LogP contribution in [0.5, 0.6) is 0 Å². The molecule has 28 heavy (non-hydrogen) atoms. The predicted octanol–water partition coefficient (Wildman–Crippen LogP) is 4.03. The number of alkyl halides is 3. The number of carbonyl (C=O) groups is 1. The van der Waals surface area contributed by atoms with Gasteiger partial charge in [0.2, 0.25) is 0 Å². The molecule has 1 N–H and O–H groups in total. The number of carbonyl (C=O) groups excluding carboxylic acids is 1. The summed E-state index contributed by atoms with van der Waals surface area (Å²) in [5.41, 5.74) is -2.71. The molecule has 0 spiro atoms. The Bertz CT molecular complexity index is 726. The van der Waals surface area contributed by atoms with Crippen molar-refractivity contribution >= 4 is 18.7 Å². The van der Waals surface area contributed by atoms with Crippen molar-refractivity contribution in [3.63, 3.8) is 0 Å². The molecule has 1 saturated heterocycles. The number of ether oxygens (including phenoxy) is 1. The molecule has 0 radical (unpaired) electrons. The van der Waals surface area contributed by atoms with Crippen molar-refractivity contribution in [1.29, 1.82) is 0 Å². The standard InChI is InChI=1S/C19H27BF3NO4/c1-16(2,3)26-15(25)24-11-12-8-9-13(10-14(12)19(21,22)23)20-27-17(4,5)18(6,7)28-20/h8-10H,11H2,1-7H3,(H,24,25). The number of rotatable bonds is 3. The molecule has 1 amide bonds. The van der Waals surface area contributed by atoms with Crippen LogP contribution in [0.2, 0.25) is 0 Å². The lowest BCUT2D eigenvalue weighted by atomic mass is 9.77. The van der Waals surface area contributed by atoms with Crippen molar-refractivity contribution in [2.24, 2.45) is 0 Å². The van der Waals surface area contributed by atoms with Gasteiger partial charge in [-0.05, 0) is 65.6 Å². The first kappa shape index (κ1) is 22.6. The molecule has 1 aromatic carbocycles. The predicted molar refractivity (Wildman–Crippen MR) is 100 cm³/mol. The van der Waals surface area contributed by atoms with Crippen LogP contribution >= 0.6 is 0 Å². The average molecular weight is 401 g/mol. The maximum atomic E-state index is 13.6. The second kappa shape index (κ2) is 7.26. The lowest BCUT2D eigenvalue weighted by Crippen LogP contribution is -2.41. The van der Waals surface area contributed by atoms with Gasteiger partial charge in [0.25, 0.3) is 0 Å². The zero-order valence-corrected chi connectivity index (χ0v) is 17.3. The van der Waals surface area contributed by atoms with Gasteiger partial charge in [0.15, 0.2) is 0 Å². The van der Waals surface area contributed by atoms with E-state index >= 15 is 0 Å². The fourth-order valence-electron chi connectivity index (χ4n) is 2.62. The summed E-state index contributed by atoms with van der Waals surface area (Å²) in [5.74, 6) is 0.